The Morgan fingerprint density at radius 3 is 2.78 bits per heavy atom. The summed E-state index contributed by atoms with van der Waals surface area (Å²) in [7, 11) is 0. The molecule has 1 saturated carbocycles. The third-order valence-corrected chi connectivity index (χ3v) is 4.71. The van der Waals surface area contributed by atoms with Crippen molar-refractivity contribution in [1.29, 1.82) is 0 Å². The maximum atomic E-state index is 12.4. The number of aliphatic hydroxyl groups excluding tert-OH is 1. The molecule has 0 aromatic heterocycles. The summed E-state index contributed by atoms with van der Waals surface area (Å²) in [5.41, 5.74) is 1.33. The zero-order valence-electron chi connectivity index (χ0n) is 13.7. The summed E-state index contributed by atoms with van der Waals surface area (Å²) in [6.07, 6.45) is 6.03. The fraction of sp³-hybridized carbons (Fsp3) is 0.647. The fourth-order valence-electron chi connectivity index (χ4n) is 3.13. The van der Waals surface area contributed by atoms with Crippen LogP contribution in [0, 0.1) is 5.92 Å². The van der Waals surface area contributed by atoms with Gasteiger partial charge in [-0.1, -0.05) is 30.6 Å². The molecule has 5 nitrogen and oxygen atoms in total. The Labute approximate surface area is 142 Å². The number of esters is 1. The van der Waals surface area contributed by atoms with Crippen molar-refractivity contribution in [2.75, 3.05) is 6.61 Å². The molecular weight excluding hydrogens is 318 g/mol. The summed E-state index contributed by atoms with van der Waals surface area (Å²) < 4.78 is 5.73. The van der Waals surface area contributed by atoms with Gasteiger partial charge in [0.25, 0.3) is 0 Å². The second kappa shape index (κ2) is 7.86. The molecule has 1 N–H and O–H groups in total. The highest BCUT2D eigenvalue weighted by Gasteiger charge is 2.44. The summed E-state index contributed by atoms with van der Waals surface area (Å²) in [4.78, 5) is 17.5. The number of carbonyl (C=O) groups excluding carboxylic acids is 1. The first kappa shape index (κ1) is 17.9. The first-order chi connectivity index (χ1) is 11.0. The molecule has 0 bridgehead atoms. The van der Waals surface area contributed by atoms with E-state index in [-0.39, 0.29) is 17.9 Å². The molecule has 1 heterocycles. The van der Waals surface area contributed by atoms with Crippen LogP contribution in [0.4, 0.5) is 0 Å². The van der Waals surface area contributed by atoms with E-state index in [9.17, 15) is 9.90 Å². The molecule has 1 aliphatic carbocycles. The van der Waals surface area contributed by atoms with Gasteiger partial charge in [-0.2, -0.15) is 0 Å². The lowest BCUT2D eigenvalue weighted by atomic mass is 9.75. The molecule has 23 heavy (non-hydrogen) atoms. The summed E-state index contributed by atoms with van der Waals surface area (Å²) in [5.74, 6) is 0.205. The fourth-order valence-corrected chi connectivity index (χ4v) is 3.20. The SMILES string of the molecule is CCC(=NOCC=CCl)C1=C(O)CC2(CCC(C)CC2)OC1=O. The maximum Gasteiger partial charge on any atom is 0.344 e. The van der Waals surface area contributed by atoms with Crippen molar-refractivity contribution in [2.24, 2.45) is 11.1 Å². The van der Waals surface area contributed by atoms with Crippen LogP contribution in [0.3, 0.4) is 0 Å². The van der Waals surface area contributed by atoms with Crippen LogP contribution in [0.25, 0.3) is 0 Å². The largest absolute Gasteiger partial charge is 0.511 e. The van der Waals surface area contributed by atoms with E-state index in [1.54, 1.807) is 6.08 Å². The van der Waals surface area contributed by atoms with Crippen LogP contribution in [-0.4, -0.2) is 29.0 Å². The van der Waals surface area contributed by atoms with Crippen molar-refractivity contribution in [2.45, 2.75) is 58.0 Å². The van der Waals surface area contributed by atoms with E-state index in [0.29, 0.717) is 24.5 Å². The Hall–Kier alpha value is -1.49. The molecule has 0 aromatic rings. The minimum atomic E-state index is -0.543. The Balaban J connectivity index is 2.16. The molecule has 2 rings (SSSR count). The molecular formula is C17H24ClNO4. The van der Waals surface area contributed by atoms with Crippen LogP contribution >= 0.6 is 11.6 Å². The van der Waals surface area contributed by atoms with Crippen LogP contribution in [0.1, 0.15) is 52.4 Å². The predicted molar refractivity (Wildman–Crippen MR) is 89.4 cm³/mol. The molecule has 0 amide bonds. The molecule has 0 atom stereocenters. The predicted octanol–water partition coefficient (Wildman–Crippen LogP) is 4.23. The number of aliphatic hydroxyl groups is 1. The average molecular weight is 342 g/mol. The minimum absolute atomic E-state index is 0.0629. The summed E-state index contributed by atoms with van der Waals surface area (Å²) in [6, 6.07) is 0. The lowest BCUT2D eigenvalue weighted by Gasteiger charge is -2.41. The van der Waals surface area contributed by atoms with Gasteiger partial charge in [0.15, 0.2) is 0 Å². The Morgan fingerprint density at radius 1 is 1.52 bits per heavy atom. The molecule has 2 aliphatic rings. The standard InChI is InChI=1S/C17H24ClNO4/c1-3-13(19-22-10-4-9-18)15-14(20)11-17(23-16(15)21)7-5-12(2)6-8-17/h4,9,12,20H,3,5-8,10-11H2,1-2H3. The van der Waals surface area contributed by atoms with Crippen molar-refractivity contribution < 1.29 is 19.5 Å². The summed E-state index contributed by atoms with van der Waals surface area (Å²) in [6.45, 7) is 4.25. The van der Waals surface area contributed by atoms with E-state index in [1.807, 2.05) is 6.92 Å². The van der Waals surface area contributed by atoms with Gasteiger partial charge in [-0.05, 0) is 44.1 Å². The zero-order valence-corrected chi connectivity index (χ0v) is 14.4. The zero-order chi connectivity index (χ0) is 16.9. The topological polar surface area (TPSA) is 68.1 Å². The highest BCUT2D eigenvalue weighted by atomic mass is 35.5. The van der Waals surface area contributed by atoms with Crippen LogP contribution in [-0.2, 0) is 14.4 Å². The van der Waals surface area contributed by atoms with Crippen molar-refractivity contribution in [3.63, 3.8) is 0 Å². The molecule has 6 heteroatoms. The maximum absolute atomic E-state index is 12.4. The molecule has 0 unspecified atom stereocenters. The number of nitrogens with zero attached hydrogens (tertiary/aromatic N) is 1. The van der Waals surface area contributed by atoms with E-state index in [1.165, 1.54) is 5.54 Å². The third kappa shape index (κ3) is 4.28. The van der Waals surface area contributed by atoms with E-state index in [0.717, 1.165) is 25.7 Å². The molecule has 0 radical (unpaired) electrons. The van der Waals surface area contributed by atoms with Gasteiger partial charge in [0.2, 0.25) is 0 Å². The lowest BCUT2D eigenvalue weighted by Crippen LogP contribution is -2.44. The molecule has 1 fully saturated rings. The number of halogens is 1. The quantitative estimate of drug-likeness (QED) is 0.351. The monoisotopic (exact) mass is 341 g/mol. The molecule has 1 spiro atoms. The highest BCUT2D eigenvalue weighted by molar-refractivity contribution is 6.25. The second-order valence-electron chi connectivity index (χ2n) is 6.30. The third-order valence-electron chi connectivity index (χ3n) is 4.54. The number of oxime groups is 1. The Kier molecular flexibility index (Phi) is 6.10. The van der Waals surface area contributed by atoms with Crippen LogP contribution in [0.5, 0.6) is 0 Å². The first-order valence-corrected chi connectivity index (χ1v) is 8.55. The van der Waals surface area contributed by atoms with Crippen LogP contribution in [0.15, 0.2) is 28.1 Å². The van der Waals surface area contributed by atoms with Gasteiger partial charge in [0.1, 0.15) is 23.5 Å². The van der Waals surface area contributed by atoms with Crippen LogP contribution in [0.2, 0.25) is 0 Å². The smallest absolute Gasteiger partial charge is 0.344 e. The molecule has 128 valence electrons. The number of carbonyl (C=O) groups is 1. The summed E-state index contributed by atoms with van der Waals surface area (Å²) >= 11 is 5.41. The van der Waals surface area contributed by atoms with Gasteiger partial charge in [0, 0.05) is 12.0 Å². The van der Waals surface area contributed by atoms with Crippen molar-refractivity contribution in [3.05, 3.63) is 22.9 Å². The van der Waals surface area contributed by atoms with Crippen molar-refractivity contribution in [3.8, 4) is 0 Å². The van der Waals surface area contributed by atoms with Crippen LogP contribution < -0.4 is 0 Å². The minimum Gasteiger partial charge on any atom is -0.511 e. The van der Waals surface area contributed by atoms with Gasteiger partial charge in [-0.3, -0.25) is 0 Å². The van der Waals surface area contributed by atoms with E-state index >= 15 is 0 Å². The summed E-state index contributed by atoms with van der Waals surface area (Å²) in [5, 5.41) is 14.4. The van der Waals surface area contributed by atoms with Gasteiger partial charge in [0.05, 0.1) is 5.71 Å². The number of hydrogen-bond acceptors (Lipinski definition) is 5. The number of ether oxygens (including phenoxy) is 1. The molecule has 1 aliphatic heterocycles. The van der Waals surface area contributed by atoms with Gasteiger partial charge >= 0.3 is 5.97 Å². The normalized spacial score (nSPS) is 29.3. The molecule has 0 saturated heterocycles. The van der Waals surface area contributed by atoms with Gasteiger partial charge < -0.3 is 14.7 Å². The average Bonchev–Trinajstić information content (AvgIpc) is 2.52. The van der Waals surface area contributed by atoms with E-state index in [2.05, 4.69) is 12.1 Å². The molecule has 0 aromatic carbocycles. The van der Waals surface area contributed by atoms with Gasteiger partial charge in [-0.15, -0.1) is 0 Å². The number of rotatable bonds is 5. The van der Waals surface area contributed by atoms with Gasteiger partial charge in [-0.25, -0.2) is 4.79 Å². The number of hydrogen-bond donors (Lipinski definition) is 1. The Bertz CT molecular complexity index is 531. The van der Waals surface area contributed by atoms with Crippen molar-refractivity contribution >= 4 is 23.3 Å². The second-order valence-corrected chi connectivity index (χ2v) is 6.55. The van der Waals surface area contributed by atoms with E-state index < -0.39 is 11.6 Å². The van der Waals surface area contributed by atoms with E-state index in [4.69, 9.17) is 21.2 Å². The Morgan fingerprint density at radius 2 is 2.22 bits per heavy atom. The first-order valence-electron chi connectivity index (χ1n) is 8.11. The van der Waals surface area contributed by atoms with Crippen molar-refractivity contribution in [1.82, 2.24) is 0 Å². The highest BCUT2D eigenvalue weighted by Crippen LogP contribution is 2.42. The lowest BCUT2D eigenvalue weighted by molar-refractivity contribution is -0.162.